The summed E-state index contributed by atoms with van der Waals surface area (Å²) >= 11 is 0. The van der Waals surface area contributed by atoms with Crippen molar-refractivity contribution in [3.63, 3.8) is 0 Å². The molecule has 1 N–H and O–H groups in total. The fourth-order valence-electron chi connectivity index (χ4n) is 8.18. The summed E-state index contributed by atoms with van der Waals surface area (Å²) in [7, 11) is 0. The quantitative estimate of drug-likeness (QED) is 0.616. The topological polar surface area (TPSA) is 71.0 Å². The Kier molecular flexibility index (Phi) is 6.56. The van der Waals surface area contributed by atoms with Gasteiger partial charge in [0.15, 0.2) is 0 Å². The Bertz CT molecular complexity index is 1240. The summed E-state index contributed by atoms with van der Waals surface area (Å²) in [6, 6.07) is 5.60. The van der Waals surface area contributed by atoms with Gasteiger partial charge in [0.1, 0.15) is 18.2 Å². The molecule has 8 heteroatoms. The maximum Gasteiger partial charge on any atom is 0.318 e. The lowest BCUT2D eigenvalue weighted by Gasteiger charge is -2.43. The van der Waals surface area contributed by atoms with Crippen LogP contribution in [0, 0.1) is 11.7 Å². The molecule has 1 aromatic heterocycles. The Morgan fingerprint density at radius 2 is 2.05 bits per heavy atom. The maximum absolute atomic E-state index is 14.4. The molecule has 4 aliphatic heterocycles. The molecule has 2 aromatic rings. The van der Waals surface area contributed by atoms with Gasteiger partial charge in [0.2, 0.25) is 0 Å². The van der Waals surface area contributed by atoms with E-state index < -0.39 is 5.60 Å². The SMILES string of the molecule is CC1CN2CCC[C@@]2(COc2nc3c(c(N4CCCC(O)CC4)n2)COC2(CCCc4ccc(F)cc42)C3)C1. The van der Waals surface area contributed by atoms with Crippen molar-refractivity contribution < 1.29 is 19.0 Å². The molecule has 1 spiro atoms. The second kappa shape index (κ2) is 9.96. The molecule has 7 rings (SSSR count). The van der Waals surface area contributed by atoms with E-state index in [1.54, 1.807) is 12.1 Å². The Morgan fingerprint density at radius 3 is 2.97 bits per heavy atom. The smallest absolute Gasteiger partial charge is 0.318 e. The van der Waals surface area contributed by atoms with Crippen LogP contribution < -0.4 is 9.64 Å². The minimum atomic E-state index is -0.567. The van der Waals surface area contributed by atoms with Crippen LogP contribution in [-0.4, -0.2) is 64.4 Å². The van der Waals surface area contributed by atoms with Crippen molar-refractivity contribution in [2.75, 3.05) is 37.7 Å². The lowest BCUT2D eigenvalue weighted by Crippen LogP contribution is -2.44. The normalized spacial score (nSPS) is 32.5. The summed E-state index contributed by atoms with van der Waals surface area (Å²) < 4.78 is 27.6. The van der Waals surface area contributed by atoms with Crippen molar-refractivity contribution in [3.05, 3.63) is 46.4 Å². The number of hydrogen-bond acceptors (Lipinski definition) is 7. The average Bonchev–Trinajstić information content (AvgIpc) is 3.35. The van der Waals surface area contributed by atoms with Gasteiger partial charge in [0.05, 0.1) is 29.5 Å². The first kappa shape index (κ1) is 25.7. The molecular weight excluding hydrogens is 495 g/mol. The third-order valence-electron chi connectivity index (χ3n) is 10.1. The molecule has 3 fully saturated rings. The molecule has 1 aliphatic carbocycles. The fourth-order valence-corrected chi connectivity index (χ4v) is 8.18. The summed E-state index contributed by atoms with van der Waals surface area (Å²) in [6.45, 7) is 7.24. The van der Waals surface area contributed by atoms with Gasteiger partial charge in [0, 0.05) is 31.6 Å². The Hall–Kier alpha value is -2.29. The highest BCUT2D eigenvalue weighted by Crippen LogP contribution is 2.47. The summed E-state index contributed by atoms with van der Waals surface area (Å²) in [4.78, 5) is 15.0. The number of nitrogens with zero attached hydrogens (tertiary/aromatic N) is 4. The van der Waals surface area contributed by atoms with Gasteiger partial charge in [-0.2, -0.15) is 9.97 Å². The summed E-state index contributed by atoms with van der Waals surface area (Å²) in [5.74, 6) is 1.35. The Morgan fingerprint density at radius 1 is 1.13 bits per heavy atom. The van der Waals surface area contributed by atoms with E-state index in [0.717, 1.165) is 93.8 Å². The number of rotatable bonds is 4. The minimum Gasteiger partial charge on any atom is -0.461 e. The second-order valence-corrected chi connectivity index (χ2v) is 12.8. The first-order valence-electron chi connectivity index (χ1n) is 15.1. The maximum atomic E-state index is 14.4. The first-order valence-corrected chi connectivity index (χ1v) is 15.1. The van der Waals surface area contributed by atoms with Crippen LogP contribution in [0.15, 0.2) is 18.2 Å². The Labute approximate surface area is 230 Å². The third kappa shape index (κ3) is 4.62. The number of aromatic nitrogens is 2. The Balaban J connectivity index is 1.24. The van der Waals surface area contributed by atoms with Gasteiger partial charge >= 0.3 is 6.01 Å². The number of aryl methyl sites for hydroxylation is 1. The van der Waals surface area contributed by atoms with Crippen LogP contribution >= 0.6 is 0 Å². The van der Waals surface area contributed by atoms with E-state index in [1.807, 2.05) is 6.07 Å². The molecule has 3 unspecified atom stereocenters. The molecule has 210 valence electrons. The standard InChI is InChI=1S/C31H41FN4O3/c1-21-16-30(10-4-13-36(30)18-21)20-38-29-33-27-17-31(11-2-5-22-7-8-23(32)15-26(22)31)39-19-25(27)28(34-29)35-12-3-6-24(37)9-14-35/h7-8,15,21,24,37H,2-6,9-14,16-20H2,1H3/t21?,24?,30-,31?/m0/s1. The van der Waals surface area contributed by atoms with Crippen molar-refractivity contribution >= 4 is 5.82 Å². The van der Waals surface area contributed by atoms with E-state index in [2.05, 4.69) is 16.7 Å². The summed E-state index contributed by atoms with van der Waals surface area (Å²) in [5.41, 5.74) is 3.65. The van der Waals surface area contributed by atoms with Gasteiger partial charge in [0.25, 0.3) is 0 Å². The molecule has 1 aromatic carbocycles. The van der Waals surface area contributed by atoms with Crippen molar-refractivity contribution in [2.24, 2.45) is 5.92 Å². The largest absolute Gasteiger partial charge is 0.461 e. The van der Waals surface area contributed by atoms with E-state index in [9.17, 15) is 9.50 Å². The third-order valence-corrected chi connectivity index (χ3v) is 10.1. The zero-order valence-corrected chi connectivity index (χ0v) is 23.1. The van der Waals surface area contributed by atoms with Gasteiger partial charge in [-0.05, 0) is 93.5 Å². The predicted octanol–water partition coefficient (Wildman–Crippen LogP) is 4.52. The number of fused-ring (bicyclic) bond motifs is 4. The van der Waals surface area contributed by atoms with Gasteiger partial charge in [-0.3, -0.25) is 4.90 Å². The van der Waals surface area contributed by atoms with Crippen LogP contribution in [-0.2, 0) is 29.8 Å². The molecule has 0 bridgehead atoms. The molecule has 0 saturated carbocycles. The first-order chi connectivity index (χ1) is 18.9. The molecular formula is C31H41FN4O3. The zero-order valence-electron chi connectivity index (χ0n) is 23.1. The molecule has 0 amide bonds. The second-order valence-electron chi connectivity index (χ2n) is 12.8. The highest BCUT2D eigenvalue weighted by atomic mass is 19.1. The molecule has 4 atom stereocenters. The van der Waals surface area contributed by atoms with E-state index >= 15 is 0 Å². The lowest BCUT2D eigenvalue weighted by atomic mass is 9.75. The molecule has 5 aliphatic rings. The monoisotopic (exact) mass is 536 g/mol. The van der Waals surface area contributed by atoms with Crippen molar-refractivity contribution in [2.45, 2.75) is 95.0 Å². The molecule has 3 saturated heterocycles. The van der Waals surface area contributed by atoms with E-state index in [0.29, 0.717) is 31.6 Å². The zero-order chi connectivity index (χ0) is 26.6. The van der Waals surface area contributed by atoms with E-state index in [-0.39, 0.29) is 17.5 Å². The highest BCUT2D eigenvalue weighted by molar-refractivity contribution is 5.52. The average molecular weight is 537 g/mol. The number of benzene rings is 1. The van der Waals surface area contributed by atoms with Crippen molar-refractivity contribution in [1.29, 1.82) is 0 Å². The van der Waals surface area contributed by atoms with Crippen LogP contribution in [0.4, 0.5) is 10.2 Å². The molecule has 39 heavy (non-hydrogen) atoms. The molecule has 0 radical (unpaired) electrons. The number of aliphatic hydroxyl groups is 1. The van der Waals surface area contributed by atoms with Crippen LogP contribution in [0.25, 0.3) is 0 Å². The van der Waals surface area contributed by atoms with E-state index in [4.69, 9.17) is 19.4 Å². The van der Waals surface area contributed by atoms with Crippen LogP contribution in [0.2, 0.25) is 0 Å². The summed E-state index contributed by atoms with van der Waals surface area (Å²) in [6.07, 6.45) is 9.13. The number of ether oxygens (including phenoxy) is 2. The molecule has 5 heterocycles. The number of halogens is 1. The number of hydrogen-bond donors (Lipinski definition) is 1. The minimum absolute atomic E-state index is 0.0930. The van der Waals surface area contributed by atoms with Crippen LogP contribution in [0.5, 0.6) is 6.01 Å². The molecule has 7 nitrogen and oxygen atoms in total. The fraction of sp³-hybridized carbons (Fsp3) is 0.677. The lowest BCUT2D eigenvalue weighted by molar-refractivity contribution is -0.0857. The predicted molar refractivity (Wildman–Crippen MR) is 146 cm³/mol. The number of anilines is 1. The summed E-state index contributed by atoms with van der Waals surface area (Å²) in [5, 5.41) is 10.3. The van der Waals surface area contributed by atoms with Gasteiger partial charge in [-0.1, -0.05) is 13.0 Å². The van der Waals surface area contributed by atoms with Crippen molar-refractivity contribution in [3.8, 4) is 6.01 Å². The highest BCUT2D eigenvalue weighted by Gasteiger charge is 2.48. The number of aliphatic hydroxyl groups excluding tert-OH is 1. The van der Waals surface area contributed by atoms with Gasteiger partial charge in [-0.25, -0.2) is 4.39 Å². The van der Waals surface area contributed by atoms with Gasteiger partial charge in [-0.15, -0.1) is 0 Å². The van der Waals surface area contributed by atoms with Gasteiger partial charge < -0.3 is 19.5 Å². The van der Waals surface area contributed by atoms with E-state index in [1.165, 1.54) is 18.4 Å². The van der Waals surface area contributed by atoms with Crippen LogP contribution in [0.1, 0.15) is 80.7 Å². The van der Waals surface area contributed by atoms with Crippen LogP contribution in [0.3, 0.4) is 0 Å². The van der Waals surface area contributed by atoms with Crippen molar-refractivity contribution in [1.82, 2.24) is 14.9 Å².